The van der Waals surface area contributed by atoms with Crippen LogP contribution in [0.25, 0.3) is 0 Å². The molecule has 0 aliphatic rings. The predicted molar refractivity (Wildman–Crippen MR) is 121 cm³/mol. The lowest BCUT2D eigenvalue weighted by atomic mass is 10.2. The van der Waals surface area contributed by atoms with Gasteiger partial charge in [-0.05, 0) is 82.2 Å². The van der Waals surface area contributed by atoms with Crippen molar-refractivity contribution in [2.24, 2.45) is 5.10 Å². The fraction of sp³-hybridized carbons (Fsp3) is 0.0476. The number of nitrogens with zero attached hydrogens (tertiary/aromatic N) is 1. The second-order valence-electron chi connectivity index (χ2n) is 6.11. The van der Waals surface area contributed by atoms with Crippen LogP contribution in [-0.4, -0.2) is 27.6 Å². The minimum absolute atomic E-state index is 0.00503. The molecule has 0 saturated heterocycles. The first-order chi connectivity index (χ1) is 14.8. The number of carbonyl (C=O) groups is 1. The second-order valence-corrected chi connectivity index (χ2v) is 8.95. The normalized spacial score (nSPS) is 11.3. The number of methoxy groups -OCH3 is 1. The average Bonchev–Trinajstić information content (AvgIpc) is 2.75. The third kappa shape index (κ3) is 6.06. The Morgan fingerprint density at radius 3 is 2.48 bits per heavy atom. The SMILES string of the molecule is COc1ccc(S(=O)(=O)Oc2ccc(/C=N\NC(=O)c3cccc(Cl)c3)cc2Br)cc1. The second kappa shape index (κ2) is 9.95. The predicted octanol–water partition coefficient (Wildman–Crippen LogP) is 4.64. The Hall–Kier alpha value is -2.88. The van der Waals surface area contributed by atoms with Gasteiger partial charge in [0.05, 0.1) is 17.8 Å². The summed E-state index contributed by atoms with van der Waals surface area (Å²) < 4.78 is 35.6. The van der Waals surface area contributed by atoms with E-state index >= 15 is 0 Å². The largest absolute Gasteiger partial charge is 0.497 e. The highest BCUT2D eigenvalue weighted by Crippen LogP contribution is 2.29. The van der Waals surface area contributed by atoms with Gasteiger partial charge in [-0.25, -0.2) is 5.43 Å². The van der Waals surface area contributed by atoms with Crippen LogP contribution in [0, 0.1) is 0 Å². The number of benzene rings is 3. The molecule has 7 nitrogen and oxygen atoms in total. The van der Waals surface area contributed by atoms with Crippen LogP contribution in [0.1, 0.15) is 15.9 Å². The molecule has 0 saturated carbocycles. The molecule has 3 rings (SSSR count). The highest BCUT2D eigenvalue weighted by Gasteiger charge is 2.18. The average molecular weight is 524 g/mol. The van der Waals surface area contributed by atoms with Crippen LogP contribution in [0.3, 0.4) is 0 Å². The van der Waals surface area contributed by atoms with Crippen molar-refractivity contribution in [3.63, 3.8) is 0 Å². The Morgan fingerprint density at radius 2 is 1.84 bits per heavy atom. The smallest absolute Gasteiger partial charge is 0.339 e. The summed E-state index contributed by atoms with van der Waals surface area (Å²) in [5.41, 5.74) is 3.37. The van der Waals surface area contributed by atoms with E-state index in [1.165, 1.54) is 49.7 Å². The van der Waals surface area contributed by atoms with Gasteiger partial charge in [-0.1, -0.05) is 17.7 Å². The summed E-state index contributed by atoms with van der Waals surface area (Å²) in [4.78, 5) is 12.0. The zero-order valence-electron chi connectivity index (χ0n) is 16.1. The van der Waals surface area contributed by atoms with E-state index in [0.29, 0.717) is 26.4 Å². The fourth-order valence-corrected chi connectivity index (χ4v) is 4.16. The zero-order valence-corrected chi connectivity index (χ0v) is 19.2. The minimum atomic E-state index is -4.02. The van der Waals surface area contributed by atoms with Crippen LogP contribution < -0.4 is 14.3 Å². The number of ether oxygens (including phenoxy) is 1. The molecular weight excluding hydrogens is 508 g/mol. The number of hydrazone groups is 1. The van der Waals surface area contributed by atoms with Crippen LogP contribution in [0.4, 0.5) is 0 Å². The van der Waals surface area contributed by atoms with E-state index in [1.54, 1.807) is 30.3 Å². The van der Waals surface area contributed by atoms with Crippen molar-refractivity contribution in [2.75, 3.05) is 7.11 Å². The number of hydrogen-bond donors (Lipinski definition) is 1. The van der Waals surface area contributed by atoms with E-state index in [9.17, 15) is 13.2 Å². The molecule has 0 atom stereocenters. The molecule has 0 fully saturated rings. The molecule has 0 radical (unpaired) electrons. The molecule has 0 aliphatic heterocycles. The van der Waals surface area contributed by atoms with Crippen LogP contribution in [0.15, 0.2) is 81.2 Å². The molecule has 10 heteroatoms. The monoisotopic (exact) mass is 522 g/mol. The van der Waals surface area contributed by atoms with E-state index in [-0.39, 0.29) is 10.6 Å². The first-order valence-electron chi connectivity index (χ1n) is 8.75. The van der Waals surface area contributed by atoms with Crippen LogP contribution >= 0.6 is 27.5 Å². The summed E-state index contributed by atoms with van der Waals surface area (Å²) in [6.07, 6.45) is 1.41. The van der Waals surface area contributed by atoms with E-state index in [0.717, 1.165) is 0 Å². The molecule has 0 unspecified atom stereocenters. The number of halogens is 2. The standard InChI is InChI=1S/C21H16BrClN2O5S/c1-29-17-6-8-18(9-7-17)31(27,28)30-20-10-5-14(11-19(20)22)13-24-25-21(26)15-3-2-4-16(23)12-15/h2-13H,1H3,(H,25,26)/b24-13-. The summed E-state index contributed by atoms with van der Waals surface area (Å²) in [5, 5.41) is 4.34. The first kappa shape index (κ1) is 22.8. The Bertz CT molecular complexity index is 1230. The third-order valence-corrected chi connectivity index (χ3v) is 6.07. The Morgan fingerprint density at radius 1 is 1.10 bits per heavy atom. The lowest BCUT2D eigenvalue weighted by molar-refractivity contribution is 0.0955. The van der Waals surface area contributed by atoms with Crippen molar-refractivity contribution in [3.8, 4) is 11.5 Å². The van der Waals surface area contributed by atoms with Gasteiger partial charge in [-0.3, -0.25) is 4.79 Å². The molecule has 0 spiro atoms. The highest BCUT2D eigenvalue weighted by atomic mass is 79.9. The van der Waals surface area contributed by atoms with Gasteiger partial charge < -0.3 is 8.92 Å². The summed E-state index contributed by atoms with van der Waals surface area (Å²) in [5.74, 6) is 0.227. The van der Waals surface area contributed by atoms with Crippen molar-refractivity contribution in [1.82, 2.24) is 5.43 Å². The molecule has 0 heterocycles. The molecule has 3 aromatic rings. The highest BCUT2D eigenvalue weighted by molar-refractivity contribution is 9.10. The molecule has 0 aliphatic carbocycles. The van der Waals surface area contributed by atoms with Gasteiger partial charge in [-0.15, -0.1) is 0 Å². The van der Waals surface area contributed by atoms with Gasteiger partial charge in [0, 0.05) is 10.6 Å². The number of carbonyl (C=O) groups excluding carboxylic acids is 1. The van der Waals surface area contributed by atoms with Crippen molar-refractivity contribution in [2.45, 2.75) is 4.90 Å². The third-order valence-electron chi connectivity index (χ3n) is 3.97. The van der Waals surface area contributed by atoms with Gasteiger partial charge in [0.25, 0.3) is 5.91 Å². The van der Waals surface area contributed by atoms with Crippen LogP contribution in [-0.2, 0) is 10.1 Å². The van der Waals surface area contributed by atoms with Gasteiger partial charge >= 0.3 is 10.1 Å². The van der Waals surface area contributed by atoms with E-state index in [1.807, 2.05) is 0 Å². The van der Waals surface area contributed by atoms with E-state index < -0.39 is 16.0 Å². The van der Waals surface area contributed by atoms with Gasteiger partial charge in [-0.2, -0.15) is 13.5 Å². The first-order valence-corrected chi connectivity index (χ1v) is 11.3. The maximum Gasteiger partial charge on any atom is 0.339 e. The van der Waals surface area contributed by atoms with Gasteiger partial charge in [0.15, 0.2) is 5.75 Å². The van der Waals surface area contributed by atoms with Crippen molar-refractivity contribution in [1.29, 1.82) is 0 Å². The number of amides is 1. The Kier molecular flexibility index (Phi) is 7.32. The maximum atomic E-state index is 12.5. The summed E-state index contributed by atoms with van der Waals surface area (Å²) in [6.45, 7) is 0. The molecule has 3 aromatic carbocycles. The van der Waals surface area contributed by atoms with Crippen molar-refractivity contribution < 1.29 is 22.1 Å². The summed E-state index contributed by atoms with van der Waals surface area (Å²) in [6, 6.07) is 17.0. The molecule has 31 heavy (non-hydrogen) atoms. The number of hydrogen-bond acceptors (Lipinski definition) is 6. The number of nitrogens with one attached hydrogen (secondary N) is 1. The van der Waals surface area contributed by atoms with Crippen LogP contribution in [0.5, 0.6) is 11.5 Å². The molecule has 1 amide bonds. The van der Waals surface area contributed by atoms with Gasteiger partial charge in [0.2, 0.25) is 0 Å². The lowest BCUT2D eigenvalue weighted by Gasteiger charge is -2.09. The molecule has 0 bridgehead atoms. The Balaban J connectivity index is 1.67. The molecule has 0 aromatic heterocycles. The minimum Gasteiger partial charge on any atom is -0.497 e. The maximum absolute atomic E-state index is 12.5. The molecular formula is C21H16BrClN2O5S. The zero-order chi connectivity index (χ0) is 22.4. The quantitative estimate of drug-likeness (QED) is 0.277. The summed E-state index contributed by atoms with van der Waals surface area (Å²) in [7, 11) is -2.53. The number of rotatable bonds is 7. The lowest BCUT2D eigenvalue weighted by Crippen LogP contribution is -2.17. The summed E-state index contributed by atoms with van der Waals surface area (Å²) >= 11 is 9.15. The van der Waals surface area contributed by atoms with Crippen LogP contribution in [0.2, 0.25) is 5.02 Å². The topological polar surface area (TPSA) is 94.1 Å². The van der Waals surface area contributed by atoms with Crippen molar-refractivity contribution >= 4 is 49.8 Å². The Labute approximate surface area is 192 Å². The molecule has 1 N–H and O–H groups in total. The fourth-order valence-electron chi connectivity index (χ4n) is 2.43. The van der Waals surface area contributed by atoms with Gasteiger partial charge in [0.1, 0.15) is 10.6 Å². The molecule has 160 valence electrons. The van der Waals surface area contributed by atoms with Crippen molar-refractivity contribution in [3.05, 3.63) is 87.4 Å². The van der Waals surface area contributed by atoms with E-state index in [2.05, 4.69) is 26.5 Å². The van der Waals surface area contributed by atoms with E-state index in [4.69, 9.17) is 20.5 Å².